The second-order valence-electron chi connectivity index (χ2n) is 7.25. The lowest BCUT2D eigenvalue weighted by atomic mass is 10.00. The van der Waals surface area contributed by atoms with Crippen LogP contribution in [0, 0.1) is 13.8 Å². The third-order valence-corrected chi connectivity index (χ3v) is 6.53. The fourth-order valence-corrected chi connectivity index (χ4v) is 4.77. The number of carbonyl (C=O) groups excluding carboxylic acids is 2. The van der Waals surface area contributed by atoms with Crippen LogP contribution >= 0.6 is 11.3 Å². The molecule has 3 rings (SSSR count). The zero-order valence-electron chi connectivity index (χ0n) is 16.4. The molecule has 0 unspecified atom stereocenters. The number of fused-ring (bicyclic) bond motifs is 1. The Balaban J connectivity index is 1.51. The van der Waals surface area contributed by atoms with Crippen molar-refractivity contribution < 1.29 is 9.59 Å². The van der Waals surface area contributed by atoms with Crippen molar-refractivity contribution in [1.29, 1.82) is 0 Å². The number of amides is 2. The number of hydrogen-bond donors (Lipinski definition) is 2. The molecule has 146 valence electrons. The second-order valence-corrected chi connectivity index (χ2v) is 8.39. The summed E-state index contributed by atoms with van der Waals surface area (Å²) in [6.07, 6.45) is 7.95. The van der Waals surface area contributed by atoms with Crippen molar-refractivity contribution in [2.45, 2.75) is 65.2 Å². The van der Waals surface area contributed by atoms with Gasteiger partial charge in [0.15, 0.2) is 0 Å². The molecule has 2 aromatic rings. The molecule has 2 N–H and O–H groups in total. The highest BCUT2D eigenvalue weighted by Gasteiger charge is 2.17. The lowest BCUT2D eigenvalue weighted by Gasteiger charge is -2.07. The smallest absolute Gasteiger partial charge is 0.273 e. The monoisotopic (exact) mass is 388 g/mol. The van der Waals surface area contributed by atoms with Crippen molar-refractivity contribution in [3.8, 4) is 0 Å². The molecule has 27 heavy (non-hydrogen) atoms. The lowest BCUT2D eigenvalue weighted by Crippen LogP contribution is -2.41. The summed E-state index contributed by atoms with van der Waals surface area (Å²) in [5.41, 5.74) is 9.52. The largest absolute Gasteiger partial charge is 0.279 e. The Labute approximate surface area is 164 Å². The van der Waals surface area contributed by atoms with Crippen LogP contribution in [-0.2, 0) is 31.1 Å². The van der Waals surface area contributed by atoms with E-state index >= 15 is 0 Å². The van der Waals surface area contributed by atoms with Gasteiger partial charge in [0, 0.05) is 24.0 Å². The maximum Gasteiger partial charge on any atom is 0.279 e. The van der Waals surface area contributed by atoms with Gasteiger partial charge in [-0.2, -0.15) is 5.10 Å². The average Bonchev–Trinajstić information content (AvgIpc) is 3.11. The van der Waals surface area contributed by atoms with Crippen molar-refractivity contribution in [3.63, 3.8) is 0 Å². The van der Waals surface area contributed by atoms with Crippen LogP contribution in [-0.4, -0.2) is 21.6 Å². The molecule has 1 aliphatic carbocycles. The molecule has 0 bridgehead atoms. The van der Waals surface area contributed by atoms with Crippen LogP contribution in [0.3, 0.4) is 0 Å². The Kier molecular flexibility index (Phi) is 6.31. The minimum atomic E-state index is -0.228. The van der Waals surface area contributed by atoms with E-state index in [1.54, 1.807) is 11.3 Å². The number of nitrogens with zero attached hydrogens (tertiary/aromatic N) is 2. The van der Waals surface area contributed by atoms with E-state index in [2.05, 4.69) is 16.0 Å². The van der Waals surface area contributed by atoms with E-state index in [1.807, 2.05) is 31.6 Å². The lowest BCUT2D eigenvalue weighted by molar-refractivity contribution is -0.121. The van der Waals surface area contributed by atoms with Crippen LogP contribution < -0.4 is 10.9 Å². The third kappa shape index (κ3) is 4.77. The number of aryl methyl sites for hydroxylation is 4. The molecule has 1 aliphatic rings. The van der Waals surface area contributed by atoms with E-state index in [0.717, 1.165) is 29.8 Å². The molecule has 0 fully saturated rings. The molecular weight excluding hydrogens is 360 g/mol. The number of aromatic nitrogens is 2. The van der Waals surface area contributed by atoms with Crippen molar-refractivity contribution in [2.24, 2.45) is 7.05 Å². The van der Waals surface area contributed by atoms with Crippen LogP contribution in [0.2, 0.25) is 0 Å². The van der Waals surface area contributed by atoms with Crippen molar-refractivity contribution >= 4 is 23.2 Å². The van der Waals surface area contributed by atoms with Gasteiger partial charge in [0.05, 0.1) is 10.6 Å². The summed E-state index contributed by atoms with van der Waals surface area (Å²) in [6, 6.07) is 2.00. The van der Waals surface area contributed by atoms with E-state index < -0.39 is 0 Å². The summed E-state index contributed by atoms with van der Waals surface area (Å²) in [6.45, 7) is 3.95. The highest BCUT2D eigenvalue weighted by Crippen LogP contribution is 2.28. The van der Waals surface area contributed by atoms with Crippen molar-refractivity contribution in [3.05, 3.63) is 38.3 Å². The minimum absolute atomic E-state index is 0.194. The van der Waals surface area contributed by atoms with Gasteiger partial charge >= 0.3 is 0 Å². The molecule has 0 spiro atoms. The van der Waals surface area contributed by atoms with E-state index in [9.17, 15) is 9.59 Å². The first kappa shape index (κ1) is 19.6. The normalized spacial score (nSPS) is 14.2. The maximum atomic E-state index is 12.4. The number of carbonyl (C=O) groups is 2. The van der Waals surface area contributed by atoms with E-state index in [0.29, 0.717) is 17.7 Å². The van der Waals surface area contributed by atoms with Gasteiger partial charge in [-0.05, 0) is 63.1 Å². The topological polar surface area (TPSA) is 76.0 Å². The van der Waals surface area contributed by atoms with E-state index in [4.69, 9.17) is 0 Å². The number of nitrogens with one attached hydrogen (secondary N) is 2. The predicted molar refractivity (Wildman–Crippen MR) is 107 cm³/mol. The molecule has 6 nitrogen and oxygen atoms in total. The average molecular weight is 389 g/mol. The molecule has 2 heterocycles. The van der Waals surface area contributed by atoms with Crippen LogP contribution in [0.4, 0.5) is 0 Å². The Morgan fingerprint density at radius 1 is 1.15 bits per heavy atom. The second kappa shape index (κ2) is 8.69. The van der Waals surface area contributed by atoms with Gasteiger partial charge in [0.2, 0.25) is 5.91 Å². The highest BCUT2D eigenvalue weighted by atomic mass is 32.1. The molecule has 2 amide bonds. The summed E-state index contributed by atoms with van der Waals surface area (Å²) in [5.74, 6) is -0.422. The summed E-state index contributed by atoms with van der Waals surface area (Å²) in [7, 11) is 1.90. The molecule has 7 heteroatoms. The molecule has 0 radical (unpaired) electrons. The Bertz CT molecular complexity index is 812. The summed E-state index contributed by atoms with van der Waals surface area (Å²) >= 11 is 1.56. The fourth-order valence-electron chi connectivity index (χ4n) is 3.62. The van der Waals surface area contributed by atoms with Gasteiger partial charge in [-0.1, -0.05) is 12.8 Å². The van der Waals surface area contributed by atoms with Crippen molar-refractivity contribution in [2.75, 3.05) is 0 Å². The van der Waals surface area contributed by atoms with Gasteiger partial charge < -0.3 is 0 Å². The van der Waals surface area contributed by atoms with Gasteiger partial charge in [0.25, 0.3) is 5.91 Å². The van der Waals surface area contributed by atoms with Crippen LogP contribution in [0.5, 0.6) is 0 Å². The summed E-state index contributed by atoms with van der Waals surface area (Å²) in [5, 5.41) is 4.36. The Morgan fingerprint density at radius 2 is 1.89 bits per heavy atom. The minimum Gasteiger partial charge on any atom is -0.273 e. The summed E-state index contributed by atoms with van der Waals surface area (Å²) < 4.78 is 1.83. The van der Waals surface area contributed by atoms with Crippen LogP contribution in [0.15, 0.2) is 6.07 Å². The fraction of sp³-hybridized carbons (Fsp3) is 0.550. The standard InChI is InChI=1S/C20H28N4O2S/c1-13-16(14(2)24(3)23-13)10-11-19(25)21-22-20(26)18-12-15-8-6-4-5-7-9-17(15)27-18/h12H,4-11H2,1-3H3,(H,21,25)(H,22,26). The molecule has 0 atom stereocenters. The molecule has 2 aromatic heterocycles. The number of thiophene rings is 1. The first-order chi connectivity index (χ1) is 13.0. The SMILES string of the molecule is Cc1nn(C)c(C)c1CCC(=O)NNC(=O)c1cc2c(s1)CCCCCC2. The van der Waals surface area contributed by atoms with Gasteiger partial charge in [-0.25, -0.2) is 0 Å². The maximum absolute atomic E-state index is 12.4. The van der Waals surface area contributed by atoms with Gasteiger partial charge in [0.1, 0.15) is 0 Å². The Morgan fingerprint density at radius 3 is 2.59 bits per heavy atom. The Hall–Kier alpha value is -2.15. The van der Waals surface area contributed by atoms with E-state index in [1.165, 1.54) is 36.1 Å². The number of rotatable bonds is 4. The molecular formula is C20H28N4O2S. The molecule has 0 saturated heterocycles. The third-order valence-electron chi connectivity index (χ3n) is 5.30. The molecule has 0 aliphatic heterocycles. The van der Waals surface area contributed by atoms with Gasteiger partial charge in [-0.3, -0.25) is 25.1 Å². The van der Waals surface area contributed by atoms with E-state index in [-0.39, 0.29) is 11.8 Å². The van der Waals surface area contributed by atoms with Crippen LogP contribution in [0.25, 0.3) is 0 Å². The predicted octanol–water partition coefficient (Wildman–Crippen LogP) is 3.15. The van der Waals surface area contributed by atoms with Crippen molar-refractivity contribution in [1.82, 2.24) is 20.6 Å². The highest BCUT2D eigenvalue weighted by molar-refractivity contribution is 7.14. The zero-order chi connectivity index (χ0) is 19.4. The first-order valence-corrected chi connectivity index (χ1v) is 10.5. The number of hydrazine groups is 1. The zero-order valence-corrected chi connectivity index (χ0v) is 17.2. The molecule has 0 saturated carbocycles. The summed E-state index contributed by atoms with van der Waals surface area (Å²) in [4.78, 5) is 26.5. The molecule has 0 aromatic carbocycles. The van der Waals surface area contributed by atoms with Gasteiger partial charge in [-0.15, -0.1) is 11.3 Å². The quantitative estimate of drug-likeness (QED) is 0.790. The van der Waals surface area contributed by atoms with Crippen LogP contribution in [0.1, 0.15) is 69.2 Å². The first-order valence-electron chi connectivity index (χ1n) is 9.65. The number of hydrogen-bond acceptors (Lipinski definition) is 4.